The lowest BCUT2D eigenvalue weighted by Crippen LogP contribution is -2.36. The molecule has 0 saturated carbocycles. The largest absolute Gasteiger partial charge is 0.321 e. The molecule has 0 heterocycles. The average Bonchev–Trinajstić information content (AvgIpc) is 2.20. The Labute approximate surface area is 106 Å². The first kappa shape index (κ1) is 13.5. The van der Waals surface area contributed by atoms with Crippen LogP contribution in [0.3, 0.4) is 0 Å². The molecule has 0 bridgehead atoms. The van der Waals surface area contributed by atoms with Gasteiger partial charge in [0, 0.05) is 16.5 Å². The zero-order valence-corrected chi connectivity index (χ0v) is 10.8. The first-order valence-corrected chi connectivity index (χ1v) is 5.89. The van der Waals surface area contributed by atoms with E-state index >= 15 is 0 Å². The maximum absolute atomic E-state index is 11.8. The van der Waals surface area contributed by atoms with Crippen LogP contribution in [-0.2, 0) is 11.2 Å². The van der Waals surface area contributed by atoms with Gasteiger partial charge in [-0.05, 0) is 23.6 Å². The van der Waals surface area contributed by atoms with Crippen molar-refractivity contribution in [2.75, 3.05) is 0 Å². The number of halogens is 2. The van der Waals surface area contributed by atoms with E-state index in [1.165, 1.54) is 0 Å². The lowest BCUT2D eigenvalue weighted by Gasteiger charge is -2.14. The summed E-state index contributed by atoms with van der Waals surface area (Å²) in [7, 11) is 0. The van der Waals surface area contributed by atoms with E-state index in [0.29, 0.717) is 10.0 Å². The van der Waals surface area contributed by atoms with E-state index < -0.39 is 6.04 Å². The number of rotatable bonds is 4. The van der Waals surface area contributed by atoms with Crippen LogP contribution in [0.15, 0.2) is 18.2 Å². The third-order valence-electron chi connectivity index (χ3n) is 2.47. The topological polar surface area (TPSA) is 43.1 Å². The van der Waals surface area contributed by atoms with E-state index in [2.05, 4.69) is 0 Å². The van der Waals surface area contributed by atoms with Gasteiger partial charge in [0.15, 0.2) is 5.78 Å². The zero-order chi connectivity index (χ0) is 12.3. The van der Waals surface area contributed by atoms with Crippen molar-refractivity contribution in [3.05, 3.63) is 33.8 Å². The van der Waals surface area contributed by atoms with Crippen LogP contribution in [0.25, 0.3) is 0 Å². The molecule has 0 aliphatic heterocycles. The molecule has 0 aliphatic rings. The molecule has 0 fully saturated rings. The predicted octanol–water partition coefficient (Wildman–Crippen LogP) is 3.09. The Hall–Kier alpha value is -0.570. The molecule has 4 heteroatoms. The zero-order valence-electron chi connectivity index (χ0n) is 9.34. The van der Waals surface area contributed by atoms with E-state index in [-0.39, 0.29) is 18.1 Å². The minimum absolute atomic E-state index is 0.000720. The molecule has 0 radical (unpaired) electrons. The molecule has 1 rings (SSSR count). The number of nitrogens with two attached hydrogens (primary N) is 1. The van der Waals surface area contributed by atoms with Crippen molar-refractivity contribution in [3.63, 3.8) is 0 Å². The third-order valence-corrected chi connectivity index (χ3v) is 3.06. The van der Waals surface area contributed by atoms with Gasteiger partial charge in [-0.15, -0.1) is 0 Å². The highest BCUT2D eigenvalue weighted by Gasteiger charge is 2.18. The van der Waals surface area contributed by atoms with E-state index in [4.69, 9.17) is 28.9 Å². The van der Waals surface area contributed by atoms with Crippen molar-refractivity contribution >= 4 is 29.0 Å². The molecule has 1 aromatic carbocycles. The van der Waals surface area contributed by atoms with Crippen LogP contribution in [0.5, 0.6) is 0 Å². The second kappa shape index (κ2) is 5.67. The number of Topliss-reactive ketones (excluding diaryl/α,β-unsaturated/α-hetero) is 1. The summed E-state index contributed by atoms with van der Waals surface area (Å²) in [6, 6.07) is 4.67. The maximum atomic E-state index is 11.8. The minimum Gasteiger partial charge on any atom is -0.321 e. The highest BCUT2D eigenvalue weighted by atomic mass is 35.5. The number of carbonyl (C=O) groups is 1. The van der Waals surface area contributed by atoms with Crippen LogP contribution < -0.4 is 5.73 Å². The van der Waals surface area contributed by atoms with Gasteiger partial charge in [-0.3, -0.25) is 4.79 Å². The summed E-state index contributed by atoms with van der Waals surface area (Å²) in [6.45, 7) is 3.85. The van der Waals surface area contributed by atoms with Gasteiger partial charge in [0.1, 0.15) is 0 Å². The second-order valence-electron chi connectivity index (χ2n) is 4.15. The van der Waals surface area contributed by atoms with Crippen LogP contribution in [0, 0.1) is 5.92 Å². The SMILES string of the molecule is CC(C)C(N)C(=O)Cc1ccc(Cl)cc1Cl. The summed E-state index contributed by atoms with van der Waals surface area (Å²) in [5.41, 5.74) is 6.54. The molecule has 16 heavy (non-hydrogen) atoms. The summed E-state index contributed by atoms with van der Waals surface area (Å²) in [6.07, 6.45) is 0.259. The molecule has 0 aromatic heterocycles. The average molecular weight is 260 g/mol. The fraction of sp³-hybridized carbons (Fsp3) is 0.417. The van der Waals surface area contributed by atoms with Crippen LogP contribution in [-0.4, -0.2) is 11.8 Å². The van der Waals surface area contributed by atoms with Crippen molar-refractivity contribution in [2.24, 2.45) is 11.7 Å². The molecule has 0 spiro atoms. The lowest BCUT2D eigenvalue weighted by atomic mass is 9.96. The Morgan fingerprint density at radius 1 is 1.38 bits per heavy atom. The summed E-state index contributed by atoms with van der Waals surface area (Å²) in [5.74, 6) is 0.137. The Morgan fingerprint density at radius 2 is 2.00 bits per heavy atom. The molecule has 0 saturated heterocycles. The van der Waals surface area contributed by atoms with Gasteiger partial charge in [0.05, 0.1) is 6.04 Å². The van der Waals surface area contributed by atoms with Gasteiger partial charge in [-0.2, -0.15) is 0 Å². The Balaban J connectivity index is 2.77. The predicted molar refractivity (Wildman–Crippen MR) is 68.0 cm³/mol. The third kappa shape index (κ3) is 3.48. The van der Waals surface area contributed by atoms with Crippen LogP contribution in [0.2, 0.25) is 10.0 Å². The quantitative estimate of drug-likeness (QED) is 0.903. The maximum Gasteiger partial charge on any atom is 0.154 e. The highest BCUT2D eigenvalue weighted by Crippen LogP contribution is 2.22. The molecule has 0 amide bonds. The second-order valence-corrected chi connectivity index (χ2v) is 4.99. The van der Waals surface area contributed by atoms with Crippen molar-refractivity contribution in [1.82, 2.24) is 0 Å². The van der Waals surface area contributed by atoms with E-state index in [9.17, 15) is 4.79 Å². The first-order chi connectivity index (χ1) is 7.41. The van der Waals surface area contributed by atoms with Crippen LogP contribution in [0.1, 0.15) is 19.4 Å². The Morgan fingerprint density at radius 3 is 2.50 bits per heavy atom. The van der Waals surface area contributed by atoms with Crippen LogP contribution in [0.4, 0.5) is 0 Å². The summed E-state index contributed by atoms with van der Waals surface area (Å²) in [4.78, 5) is 11.8. The molecule has 1 aromatic rings. The van der Waals surface area contributed by atoms with Crippen molar-refractivity contribution in [3.8, 4) is 0 Å². The number of hydrogen-bond acceptors (Lipinski definition) is 2. The Kier molecular flexibility index (Phi) is 4.78. The van der Waals surface area contributed by atoms with Crippen LogP contribution >= 0.6 is 23.2 Å². The van der Waals surface area contributed by atoms with E-state index in [1.807, 2.05) is 13.8 Å². The van der Waals surface area contributed by atoms with Crippen molar-refractivity contribution in [2.45, 2.75) is 26.3 Å². The van der Waals surface area contributed by atoms with E-state index in [1.54, 1.807) is 18.2 Å². The van der Waals surface area contributed by atoms with Crippen molar-refractivity contribution in [1.29, 1.82) is 0 Å². The smallest absolute Gasteiger partial charge is 0.154 e. The van der Waals surface area contributed by atoms with Gasteiger partial charge in [0.25, 0.3) is 0 Å². The summed E-state index contributed by atoms with van der Waals surface area (Å²) < 4.78 is 0. The highest BCUT2D eigenvalue weighted by molar-refractivity contribution is 6.35. The molecule has 0 aliphatic carbocycles. The van der Waals surface area contributed by atoms with Gasteiger partial charge in [-0.1, -0.05) is 43.1 Å². The van der Waals surface area contributed by atoms with Gasteiger partial charge >= 0.3 is 0 Å². The number of benzene rings is 1. The monoisotopic (exact) mass is 259 g/mol. The summed E-state index contributed by atoms with van der Waals surface area (Å²) >= 11 is 11.8. The molecule has 2 nitrogen and oxygen atoms in total. The van der Waals surface area contributed by atoms with Gasteiger partial charge in [0.2, 0.25) is 0 Å². The lowest BCUT2D eigenvalue weighted by molar-refractivity contribution is -0.120. The fourth-order valence-electron chi connectivity index (χ4n) is 1.34. The molecule has 1 atom stereocenters. The molecule has 88 valence electrons. The number of carbonyl (C=O) groups excluding carboxylic acids is 1. The van der Waals surface area contributed by atoms with Gasteiger partial charge in [-0.25, -0.2) is 0 Å². The Bertz CT molecular complexity index is 391. The summed E-state index contributed by atoms with van der Waals surface area (Å²) in [5, 5.41) is 1.08. The standard InChI is InChI=1S/C12H15Cl2NO/c1-7(2)12(15)11(16)5-8-3-4-9(13)6-10(8)14/h3-4,6-7,12H,5,15H2,1-2H3. The normalized spacial score (nSPS) is 12.9. The molecule has 2 N–H and O–H groups in total. The number of ketones is 1. The van der Waals surface area contributed by atoms with Crippen molar-refractivity contribution < 1.29 is 4.79 Å². The minimum atomic E-state index is -0.438. The molecular formula is C12H15Cl2NO. The van der Waals surface area contributed by atoms with E-state index in [0.717, 1.165) is 5.56 Å². The number of hydrogen-bond donors (Lipinski definition) is 1. The fourth-order valence-corrected chi connectivity index (χ4v) is 1.82. The molecule has 1 unspecified atom stereocenters. The van der Waals surface area contributed by atoms with Gasteiger partial charge < -0.3 is 5.73 Å². The molecular weight excluding hydrogens is 245 g/mol. The first-order valence-electron chi connectivity index (χ1n) is 5.14.